The summed E-state index contributed by atoms with van der Waals surface area (Å²) in [5.41, 5.74) is 2.30. The Kier molecular flexibility index (Phi) is 6.55. The van der Waals surface area contributed by atoms with Crippen molar-refractivity contribution in [3.63, 3.8) is 0 Å². The minimum Gasteiger partial charge on any atom is -0.299 e. The second-order valence-corrected chi connectivity index (χ2v) is 7.82. The van der Waals surface area contributed by atoms with Crippen LogP contribution in [0.4, 0.5) is 13.2 Å². The molecule has 0 N–H and O–H groups in total. The van der Waals surface area contributed by atoms with Crippen LogP contribution in [0.2, 0.25) is 0 Å². The third kappa shape index (κ3) is 5.93. The van der Waals surface area contributed by atoms with Gasteiger partial charge in [0.2, 0.25) is 0 Å². The Labute approximate surface area is 164 Å². The summed E-state index contributed by atoms with van der Waals surface area (Å²) in [5, 5.41) is 0. The number of hydrogen-bond donors (Lipinski definition) is 0. The molecule has 2 aromatic rings. The topological polar surface area (TPSA) is 20.3 Å². The molecule has 0 aliphatic carbocycles. The van der Waals surface area contributed by atoms with Crippen molar-refractivity contribution in [1.82, 2.24) is 4.90 Å². The van der Waals surface area contributed by atoms with Gasteiger partial charge in [-0.3, -0.25) is 9.69 Å². The van der Waals surface area contributed by atoms with Crippen LogP contribution in [0.1, 0.15) is 41.5 Å². The van der Waals surface area contributed by atoms with Gasteiger partial charge in [-0.15, -0.1) is 0 Å². The molecule has 1 aliphatic heterocycles. The summed E-state index contributed by atoms with van der Waals surface area (Å²) >= 11 is 0. The van der Waals surface area contributed by atoms with E-state index < -0.39 is 11.7 Å². The highest BCUT2D eigenvalue weighted by molar-refractivity contribution is 5.81. The maximum Gasteiger partial charge on any atom is 0.416 e. The van der Waals surface area contributed by atoms with E-state index in [0.717, 1.165) is 44.6 Å². The minimum atomic E-state index is -4.37. The molecule has 2 aromatic carbocycles. The fraction of sp³-hybridized carbons (Fsp3) is 0.435. The van der Waals surface area contributed by atoms with Gasteiger partial charge in [0, 0.05) is 19.4 Å². The van der Waals surface area contributed by atoms with Crippen LogP contribution < -0.4 is 0 Å². The molecule has 2 nitrogen and oxygen atoms in total. The molecule has 0 amide bonds. The quantitative estimate of drug-likeness (QED) is 0.657. The van der Waals surface area contributed by atoms with Crippen LogP contribution in [0, 0.1) is 12.8 Å². The number of Topliss-reactive ketones (excluding diaryl/α,β-unsaturated/α-hetero) is 1. The Morgan fingerprint density at radius 1 is 1.04 bits per heavy atom. The molecule has 0 spiro atoms. The predicted octanol–water partition coefficient (Wildman–Crippen LogP) is 5.43. The first-order valence-electron chi connectivity index (χ1n) is 9.75. The molecule has 150 valence electrons. The highest BCUT2D eigenvalue weighted by atomic mass is 19.4. The molecule has 1 fully saturated rings. The van der Waals surface area contributed by atoms with E-state index >= 15 is 0 Å². The summed E-state index contributed by atoms with van der Waals surface area (Å²) in [6.07, 6.45) is -1.92. The van der Waals surface area contributed by atoms with E-state index in [2.05, 4.69) is 36.1 Å². The molecule has 0 atom stereocenters. The van der Waals surface area contributed by atoms with Crippen molar-refractivity contribution in [2.24, 2.45) is 5.92 Å². The summed E-state index contributed by atoms with van der Waals surface area (Å²) in [7, 11) is 0. The molecule has 0 radical (unpaired) electrons. The van der Waals surface area contributed by atoms with Crippen LogP contribution >= 0.6 is 0 Å². The molecule has 0 aromatic heterocycles. The van der Waals surface area contributed by atoms with E-state index in [1.165, 1.54) is 17.2 Å². The lowest BCUT2D eigenvalue weighted by Crippen LogP contribution is -2.34. The Balaban J connectivity index is 1.45. The smallest absolute Gasteiger partial charge is 0.299 e. The number of hydrogen-bond acceptors (Lipinski definition) is 2. The largest absolute Gasteiger partial charge is 0.416 e. The molecule has 5 heteroatoms. The number of rotatable bonds is 6. The average molecular weight is 389 g/mol. The first-order valence-corrected chi connectivity index (χ1v) is 9.75. The number of likely N-dealkylation sites (tertiary alicyclic amines) is 1. The third-order valence-corrected chi connectivity index (χ3v) is 5.41. The zero-order chi connectivity index (χ0) is 20.1. The number of piperidine rings is 1. The fourth-order valence-electron chi connectivity index (χ4n) is 3.78. The highest BCUT2D eigenvalue weighted by Crippen LogP contribution is 2.30. The Bertz CT molecular complexity index is 790. The first kappa shape index (κ1) is 20.6. The van der Waals surface area contributed by atoms with Crippen LogP contribution in [0.3, 0.4) is 0 Å². The third-order valence-electron chi connectivity index (χ3n) is 5.41. The Morgan fingerprint density at radius 3 is 2.36 bits per heavy atom. The lowest BCUT2D eigenvalue weighted by atomic mass is 9.89. The van der Waals surface area contributed by atoms with E-state index in [-0.39, 0.29) is 12.2 Å². The van der Waals surface area contributed by atoms with E-state index in [9.17, 15) is 18.0 Å². The number of ketones is 1. The van der Waals surface area contributed by atoms with Crippen molar-refractivity contribution in [2.75, 3.05) is 13.1 Å². The zero-order valence-electron chi connectivity index (χ0n) is 16.1. The van der Waals surface area contributed by atoms with Gasteiger partial charge in [0.1, 0.15) is 5.78 Å². The van der Waals surface area contributed by atoms with Gasteiger partial charge in [-0.2, -0.15) is 13.2 Å². The van der Waals surface area contributed by atoms with Crippen molar-refractivity contribution in [2.45, 2.75) is 45.3 Å². The fourth-order valence-corrected chi connectivity index (χ4v) is 3.78. The SMILES string of the molecule is Cc1ccc(CN2CCC(CC(=O)Cc3cccc(C(F)(F)F)c3)CC2)cc1. The van der Waals surface area contributed by atoms with Gasteiger partial charge in [0.05, 0.1) is 5.56 Å². The van der Waals surface area contributed by atoms with Crippen molar-refractivity contribution in [1.29, 1.82) is 0 Å². The van der Waals surface area contributed by atoms with E-state index in [4.69, 9.17) is 0 Å². The number of nitrogens with zero attached hydrogens (tertiary/aromatic N) is 1. The summed E-state index contributed by atoms with van der Waals surface area (Å²) < 4.78 is 38.4. The predicted molar refractivity (Wildman–Crippen MR) is 104 cm³/mol. The number of carbonyl (C=O) groups is 1. The number of alkyl halides is 3. The first-order chi connectivity index (χ1) is 13.3. The molecular formula is C23H26F3NO. The van der Waals surface area contributed by atoms with Crippen LogP contribution in [0.15, 0.2) is 48.5 Å². The summed E-state index contributed by atoms with van der Waals surface area (Å²) in [5.74, 6) is 0.351. The van der Waals surface area contributed by atoms with Crippen LogP contribution in [0.5, 0.6) is 0 Å². The van der Waals surface area contributed by atoms with Crippen molar-refractivity contribution < 1.29 is 18.0 Å². The number of carbonyl (C=O) groups excluding carboxylic acids is 1. The zero-order valence-corrected chi connectivity index (χ0v) is 16.1. The number of benzene rings is 2. The lowest BCUT2D eigenvalue weighted by molar-refractivity contribution is -0.137. The average Bonchev–Trinajstić information content (AvgIpc) is 2.65. The molecule has 1 heterocycles. The lowest BCUT2D eigenvalue weighted by Gasteiger charge is -2.31. The second-order valence-electron chi connectivity index (χ2n) is 7.82. The maximum atomic E-state index is 12.8. The van der Waals surface area contributed by atoms with Crippen molar-refractivity contribution in [3.8, 4) is 0 Å². The standard InChI is InChI=1S/C23H26F3NO/c1-17-5-7-19(8-6-17)16-27-11-9-18(10-12-27)14-22(28)15-20-3-2-4-21(13-20)23(24,25)26/h2-8,13,18H,9-12,14-16H2,1H3. The van der Waals surface area contributed by atoms with Gasteiger partial charge < -0.3 is 0 Å². The monoisotopic (exact) mass is 389 g/mol. The Morgan fingerprint density at radius 2 is 1.71 bits per heavy atom. The summed E-state index contributed by atoms with van der Waals surface area (Å²) in [6.45, 7) is 4.90. The van der Waals surface area contributed by atoms with E-state index in [1.807, 2.05) is 0 Å². The molecule has 28 heavy (non-hydrogen) atoms. The Hall–Kier alpha value is -2.14. The maximum absolute atomic E-state index is 12.8. The van der Waals surface area contributed by atoms with Gasteiger partial charge in [0.25, 0.3) is 0 Å². The molecule has 1 saturated heterocycles. The normalized spacial score (nSPS) is 16.3. The minimum absolute atomic E-state index is 0.0244. The van der Waals surface area contributed by atoms with E-state index in [1.54, 1.807) is 6.07 Å². The second kappa shape index (κ2) is 8.91. The van der Waals surface area contributed by atoms with Gasteiger partial charge in [-0.1, -0.05) is 48.0 Å². The highest BCUT2D eigenvalue weighted by Gasteiger charge is 2.30. The molecule has 1 aliphatic rings. The number of halogens is 3. The molecule has 0 saturated carbocycles. The molecule has 0 bridgehead atoms. The van der Waals surface area contributed by atoms with Gasteiger partial charge in [-0.05, 0) is 56.0 Å². The van der Waals surface area contributed by atoms with Crippen LogP contribution in [-0.4, -0.2) is 23.8 Å². The van der Waals surface area contributed by atoms with Crippen molar-refractivity contribution in [3.05, 3.63) is 70.8 Å². The van der Waals surface area contributed by atoms with Crippen molar-refractivity contribution >= 4 is 5.78 Å². The summed E-state index contributed by atoms with van der Waals surface area (Å²) in [4.78, 5) is 14.8. The van der Waals surface area contributed by atoms with Gasteiger partial charge >= 0.3 is 6.18 Å². The van der Waals surface area contributed by atoms with Gasteiger partial charge in [0.15, 0.2) is 0 Å². The molecule has 3 rings (SSSR count). The van der Waals surface area contributed by atoms with E-state index in [0.29, 0.717) is 17.9 Å². The van der Waals surface area contributed by atoms with Crippen LogP contribution in [0.25, 0.3) is 0 Å². The summed E-state index contributed by atoms with van der Waals surface area (Å²) in [6, 6.07) is 13.6. The molecular weight excluding hydrogens is 363 g/mol. The van der Waals surface area contributed by atoms with Crippen LogP contribution in [-0.2, 0) is 23.9 Å². The number of aryl methyl sites for hydroxylation is 1. The molecule has 0 unspecified atom stereocenters. The van der Waals surface area contributed by atoms with Gasteiger partial charge in [-0.25, -0.2) is 0 Å².